The maximum atomic E-state index is 12.8. The molecule has 3 aliphatic rings. The number of hydrogen-bond acceptors (Lipinski definition) is 7. The fourth-order valence-corrected chi connectivity index (χ4v) is 5.30. The molecule has 7 heteroatoms. The van der Waals surface area contributed by atoms with Crippen molar-refractivity contribution in [3.63, 3.8) is 0 Å². The van der Waals surface area contributed by atoms with Crippen molar-refractivity contribution in [1.29, 1.82) is 0 Å². The SMILES string of the molecule is CC1=C[C@H]2O[C@@H](CC=CC=CC(=O)O[C@@H]3C[C@@H](C=CCC=C1)O[C@@H](CC=CCCO)[C@]3(C)CO)C[C@H](O)[C@H]2C. The number of carbonyl (C=O) groups excluding carboxylic acids is 1. The van der Waals surface area contributed by atoms with Crippen molar-refractivity contribution in [2.24, 2.45) is 11.3 Å². The van der Waals surface area contributed by atoms with Gasteiger partial charge in [0.2, 0.25) is 0 Å². The summed E-state index contributed by atoms with van der Waals surface area (Å²) in [6.45, 7) is 5.83. The predicted molar refractivity (Wildman–Crippen MR) is 152 cm³/mol. The van der Waals surface area contributed by atoms with Crippen LogP contribution in [0.4, 0.5) is 0 Å². The van der Waals surface area contributed by atoms with E-state index < -0.39 is 23.6 Å². The van der Waals surface area contributed by atoms with E-state index in [-0.39, 0.29) is 43.5 Å². The van der Waals surface area contributed by atoms with Crippen LogP contribution in [0.5, 0.6) is 0 Å². The summed E-state index contributed by atoms with van der Waals surface area (Å²) in [7, 11) is 0. The minimum atomic E-state index is -0.779. The number of carbonyl (C=O) groups is 1. The molecule has 0 spiro atoms. The van der Waals surface area contributed by atoms with E-state index in [1.165, 1.54) is 6.08 Å². The molecule has 0 aromatic rings. The maximum Gasteiger partial charge on any atom is 0.331 e. The second-order valence-electron chi connectivity index (χ2n) is 11.1. The summed E-state index contributed by atoms with van der Waals surface area (Å²) >= 11 is 0. The highest BCUT2D eigenvalue weighted by molar-refractivity contribution is 5.82. The molecule has 3 heterocycles. The summed E-state index contributed by atoms with van der Waals surface area (Å²) in [5.74, 6) is -0.465. The van der Waals surface area contributed by atoms with Gasteiger partial charge in [-0.1, -0.05) is 80.2 Å². The van der Waals surface area contributed by atoms with Gasteiger partial charge in [-0.2, -0.15) is 0 Å². The summed E-state index contributed by atoms with van der Waals surface area (Å²) in [6, 6.07) is 0. The quantitative estimate of drug-likeness (QED) is 0.347. The van der Waals surface area contributed by atoms with Crippen molar-refractivity contribution in [2.75, 3.05) is 13.2 Å². The minimum absolute atomic E-state index is 0.00781. The molecule has 0 saturated carbocycles. The van der Waals surface area contributed by atoms with Crippen LogP contribution in [-0.4, -0.2) is 71.1 Å². The second-order valence-corrected chi connectivity index (χ2v) is 11.1. The fraction of sp³-hybridized carbons (Fsp3) is 0.594. The molecular formula is C32H46O7. The highest BCUT2D eigenvalue weighted by atomic mass is 16.6. The zero-order valence-corrected chi connectivity index (χ0v) is 23.5. The number of aliphatic hydroxyl groups is 3. The predicted octanol–water partition coefficient (Wildman–Crippen LogP) is 4.50. The number of aliphatic hydroxyl groups excluding tert-OH is 3. The molecule has 2 fully saturated rings. The van der Waals surface area contributed by atoms with Crippen LogP contribution < -0.4 is 0 Å². The van der Waals surface area contributed by atoms with Gasteiger partial charge in [0.1, 0.15) is 6.10 Å². The minimum Gasteiger partial charge on any atom is -0.458 e. The first-order chi connectivity index (χ1) is 18.8. The number of hydrogen-bond donors (Lipinski definition) is 3. The third-order valence-electron chi connectivity index (χ3n) is 7.96. The van der Waals surface area contributed by atoms with Gasteiger partial charge in [0.25, 0.3) is 0 Å². The van der Waals surface area contributed by atoms with E-state index in [4.69, 9.17) is 19.3 Å². The molecule has 216 valence electrons. The molecule has 3 N–H and O–H groups in total. The van der Waals surface area contributed by atoms with Crippen LogP contribution in [0.2, 0.25) is 0 Å². The highest BCUT2D eigenvalue weighted by Crippen LogP contribution is 2.41. The van der Waals surface area contributed by atoms with Crippen molar-refractivity contribution >= 4 is 5.97 Å². The molecule has 0 radical (unpaired) electrons. The Labute approximate surface area is 233 Å². The first-order valence-corrected chi connectivity index (χ1v) is 14.2. The van der Waals surface area contributed by atoms with Gasteiger partial charge < -0.3 is 29.5 Å². The van der Waals surface area contributed by atoms with Gasteiger partial charge in [0.15, 0.2) is 0 Å². The molecule has 0 aromatic heterocycles. The Morgan fingerprint density at radius 1 is 1.08 bits per heavy atom. The Balaban J connectivity index is 1.84. The number of fused-ring (bicyclic) bond motifs is 4. The molecule has 3 rings (SSSR count). The molecule has 3 aliphatic heterocycles. The molecule has 0 amide bonds. The van der Waals surface area contributed by atoms with Crippen molar-refractivity contribution in [2.45, 2.75) is 95.9 Å². The average Bonchev–Trinajstić information content (AvgIpc) is 2.90. The molecule has 2 saturated heterocycles. The van der Waals surface area contributed by atoms with E-state index in [0.29, 0.717) is 38.5 Å². The highest BCUT2D eigenvalue weighted by Gasteiger charge is 2.48. The third-order valence-corrected chi connectivity index (χ3v) is 7.96. The Morgan fingerprint density at radius 2 is 1.90 bits per heavy atom. The molecule has 0 aliphatic carbocycles. The Bertz CT molecular complexity index is 962. The van der Waals surface area contributed by atoms with Gasteiger partial charge in [0, 0.05) is 31.4 Å². The fourth-order valence-electron chi connectivity index (χ4n) is 5.30. The summed E-state index contributed by atoms with van der Waals surface area (Å²) in [5.41, 5.74) is 0.300. The number of esters is 1. The topological polar surface area (TPSA) is 105 Å². The van der Waals surface area contributed by atoms with E-state index in [0.717, 1.165) is 5.57 Å². The van der Waals surface area contributed by atoms with Crippen LogP contribution in [0.25, 0.3) is 0 Å². The lowest BCUT2D eigenvalue weighted by molar-refractivity contribution is -0.198. The molecule has 39 heavy (non-hydrogen) atoms. The van der Waals surface area contributed by atoms with Crippen LogP contribution in [0.1, 0.15) is 59.3 Å². The van der Waals surface area contributed by atoms with Crippen LogP contribution in [0.15, 0.2) is 72.4 Å². The third kappa shape index (κ3) is 9.12. The van der Waals surface area contributed by atoms with Gasteiger partial charge >= 0.3 is 5.97 Å². The molecule has 0 unspecified atom stereocenters. The van der Waals surface area contributed by atoms with Crippen LogP contribution in [-0.2, 0) is 19.0 Å². The zero-order valence-electron chi connectivity index (χ0n) is 23.5. The zero-order chi connectivity index (χ0) is 28.3. The number of ether oxygens (including phenoxy) is 3. The smallest absolute Gasteiger partial charge is 0.331 e. The van der Waals surface area contributed by atoms with Crippen molar-refractivity contribution in [1.82, 2.24) is 0 Å². The first-order valence-electron chi connectivity index (χ1n) is 14.2. The van der Waals surface area contributed by atoms with Gasteiger partial charge in [-0.15, -0.1) is 0 Å². The lowest BCUT2D eigenvalue weighted by atomic mass is 9.73. The standard InChI is InChI=1S/C32H46O7/c1-23-13-7-4-8-15-26-21-30(32(3,22-34)29(38-26)16-10-6-12-18-33)39-31(36)17-11-5-9-14-25-20-27(35)24(2)28(19-23)37-25/h5-11,13,15,17,19,24-30,33-35H,4,12,14,16,18,20-22H2,1-3H3/t24-,25+,26-,27+,28-,29+,30-,32+/m1/s1. The molecule has 7 nitrogen and oxygen atoms in total. The lowest BCUT2D eigenvalue weighted by Crippen LogP contribution is -2.55. The van der Waals surface area contributed by atoms with Gasteiger partial charge in [0.05, 0.1) is 42.5 Å². The Hall–Kier alpha value is -2.29. The van der Waals surface area contributed by atoms with Crippen LogP contribution >= 0.6 is 0 Å². The summed E-state index contributed by atoms with van der Waals surface area (Å²) < 4.78 is 18.5. The van der Waals surface area contributed by atoms with Crippen molar-refractivity contribution < 1.29 is 34.3 Å². The van der Waals surface area contributed by atoms with E-state index in [1.54, 1.807) is 12.2 Å². The van der Waals surface area contributed by atoms with E-state index in [9.17, 15) is 15.0 Å². The lowest BCUT2D eigenvalue weighted by Gasteiger charge is -2.47. The average molecular weight is 543 g/mol. The molecule has 0 aromatic carbocycles. The van der Waals surface area contributed by atoms with E-state index in [1.807, 2.05) is 51.2 Å². The van der Waals surface area contributed by atoms with Crippen molar-refractivity contribution in [3.8, 4) is 0 Å². The van der Waals surface area contributed by atoms with Crippen molar-refractivity contribution in [3.05, 3.63) is 72.4 Å². The largest absolute Gasteiger partial charge is 0.458 e. The number of rotatable bonds is 5. The van der Waals surface area contributed by atoms with E-state index in [2.05, 4.69) is 18.2 Å². The number of allylic oxidation sites excluding steroid dienone is 6. The molecule has 8 atom stereocenters. The van der Waals surface area contributed by atoms with E-state index >= 15 is 0 Å². The van der Waals surface area contributed by atoms with Crippen LogP contribution in [0.3, 0.4) is 0 Å². The normalized spacial score (nSPS) is 36.5. The summed E-state index contributed by atoms with van der Waals surface area (Å²) in [4.78, 5) is 12.8. The summed E-state index contributed by atoms with van der Waals surface area (Å²) in [5, 5.41) is 30.0. The first kappa shape index (κ1) is 31.2. The Kier molecular flexibility index (Phi) is 12.4. The van der Waals surface area contributed by atoms with Gasteiger partial charge in [-0.25, -0.2) is 4.79 Å². The Morgan fingerprint density at radius 3 is 2.67 bits per heavy atom. The molecular weight excluding hydrogens is 496 g/mol. The second kappa shape index (κ2) is 15.5. The van der Waals surface area contributed by atoms with Gasteiger partial charge in [-0.05, 0) is 32.6 Å². The van der Waals surface area contributed by atoms with Crippen LogP contribution in [0, 0.1) is 11.3 Å². The monoisotopic (exact) mass is 542 g/mol. The van der Waals surface area contributed by atoms with Gasteiger partial charge in [-0.3, -0.25) is 0 Å². The summed E-state index contributed by atoms with van der Waals surface area (Å²) in [6.07, 6.45) is 22.4. The maximum absolute atomic E-state index is 12.8. The molecule has 4 bridgehead atoms.